The number of nitrogens with one attached hydrogen (secondary N) is 1. The second kappa shape index (κ2) is 6.32. The third kappa shape index (κ3) is 3.87. The highest BCUT2D eigenvalue weighted by Crippen LogP contribution is 2.29. The van der Waals surface area contributed by atoms with Crippen molar-refractivity contribution >= 4 is 11.6 Å². The molecule has 0 radical (unpaired) electrons. The SMILES string of the molecule is Cc1cc(C(=O)Nc2ccc3c(c2)OC[C@@H](N)C3)nc(C(F)(F)F)n1. The van der Waals surface area contributed by atoms with Gasteiger partial charge < -0.3 is 15.8 Å². The molecule has 1 aliphatic heterocycles. The molecule has 0 spiro atoms. The Morgan fingerprint density at radius 2 is 2.08 bits per heavy atom. The van der Waals surface area contributed by atoms with Crippen LogP contribution in [0.2, 0.25) is 0 Å². The van der Waals surface area contributed by atoms with E-state index in [4.69, 9.17) is 10.5 Å². The number of ether oxygens (including phenoxy) is 1. The van der Waals surface area contributed by atoms with Crippen LogP contribution in [0.4, 0.5) is 18.9 Å². The molecule has 0 aliphatic carbocycles. The minimum Gasteiger partial charge on any atom is -0.492 e. The highest BCUT2D eigenvalue weighted by molar-refractivity contribution is 6.03. The van der Waals surface area contributed by atoms with E-state index in [0.717, 1.165) is 5.56 Å². The third-order valence-corrected chi connectivity index (χ3v) is 3.60. The molecule has 0 fully saturated rings. The largest absolute Gasteiger partial charge is 0.492 e. The van der Waals surface area contributed by atoms with E-state index in [1.54, 1.807) is 18.2 Å². The van der Waals surface area contributed by atoms with Crippen LogP contribution in [0.1, 0.15) is 27.6 Å². The zero-order chi connectivity index (χ0) is 18.2. The topological polar surface area (TPSA) is 90.1 Å². The molecule has 0 saturated carbocycles. The number of halogens is 3. The van der Waals surface area contributed by atoms with Gasteiger partial charge >= 0.3 is 6.18 Å². The number of nitrogens with zero attached hydrogens (tertiary/aromatic N) is 2. The maximum atomic E-state index is 12.8. The first-order valence-corrected chi connectivity index (χ1v) is 7.48. The van der Waals surface area contributed by atoms with Crippen molar-refractivity contribution in [3.63, 3.8) is 0 Å². The highest BCUT2D eigenvalue weighted by atomic mass is 19.4. The fraction of sp³-hybridized carbons (Fsp3) is 0.312. The van der Waals surface area contributed by atoms with Gasteiger partial charge in [-0.1, -0.05) is 6.07 Å². The lowest BCUT2D eigenvalue weighted by atomic mass is 10.0. The number of nitrogens with two attached hydrogens (primary N) is 1. The van der Waals surface area contributed by atoms with E-state index >= 15 is 0 Å². The number of rotatable bonds is 2. The summed E-state index contributed by atoms with van der Waals surface area (Å²) in [5.41, 5.74) is 6.80. The molecule has 1 aromatic carbocycles. The number of alkyl halides is 3. The molecule has 2 aromatic rings. The van der Waals surface area contributed by atoms with Crippen molar-refractivity contribution in [1.82, 2.24) is 9.97 Å². The van der Waals surface area contributed by atoms with Gasteiger partial charge in [0.15, 0.2) is 0 Å². The predicted molar refractivity (Wildman–Crippen MR) is 83.3 cm³/mol. The van der Waals surface area contributed by atoms with Gasteiger partial charge in [-0.25, -0.2) is 9.97 Å². The number of carbonyl (C=O) groups excluding carboxylic acids is 1. The van der Waals surface area contributed by atoms with E-state index in [1.165, 1.54) is 13.0 Å². The van der Waals surface area contributed by atoms with E-state index in [0.29, 0.717) is 24.5 Å². The van der Waals surface area contributed by atoms with Gasteiger partial charge in [-0.3, -0.25) is 4.79 Å². The van der Waals surface area contributed by atoms with Crippen LogP contribution in [0.25, 0.3) is 0 Å². The van der Waals surface area contributed by atoms with Gasteiger partial charge in [0.2, 0.25) is 5.82 Å². The van der Waals surface area contributed by atoms with Crippen LogP contribution < -0.4 is 15.8 Å². The van der Waals surface area contributed by atoms with Crippen molar-refractivity contribution in [2.75, 3.05) is 11.9 Å². The van der Waals surface area contributed by atoms with E-state index < -0.39 is 17.9 Å². The van der Waals surface area contributed by atoms with Crippen molar-refractivity contribution < 1.29 is 22.7 Å². The molecule has 1 amide bonds. The lowest BCUT2D eigenvalue weighted by Crippen LogP contribution is -2.33. The number of aromatic nitrogens is 2. The smallest absolute Gasteiger partial charge is 0.451 e. The number of amides is 1. The summed E-state index contributed by atoms with van der Waals surface area (Å²) in [6.45, 7) is 1.73. The van der Waals surface area contributed by atoms with E-state index in [-0.39, 0.29) is 17.4 Å². The minimum atomic E-state index is -4.72. The van der Waals surface area contributed by atoms with Crippen LogP contribution in [0.15, 0.2) is 24.3 Å². The molecule has 0 saturated heterocycles. The van der Waals surface area contributed by atoms with Gasteiger partial charge in [-0.15, -0.1) is 0 Å². The number of anilines is 1. The third-order valence-electron chi connectivity index (χ3n) is 3.60. The Morgan fingerprint density at radius 3 is 2.80 bits per heavy atom. The van der Waals surface area contributed by atoms with E-state index in [9.17, 15) is 18.0 Å². The average Bonchev–Trinajstić information content (AvgIpc) is 2.53. The van der Waals surface area contributed by atoms with Gasteiger partial charge in [0.05, 0.1) is 0 Å². The molecule has 0 bridgehead atoms. The second-order valence-corrected chi connectivity index (χ2v) is 5.77. The molecule has 9 heteroatoms. The van der Waals surface area contributed by atoms with Crippen LogP contribution in [-0.2, 0) is 12.6 Å². The minimum absolute atomic E-state index is 0.0511. The Labute approximate surface area is 141 Å². The Balaban J connectivity index is 1.82. The normalized spacial score (nSPS) is 16.8. The maximum Gasteiger partial charge on any atom is 0.451 e. The average molecular weight is 352 g/mol. The van der Waals surface area contributed by atoms with Crippen molar-refractivity contribution in [3.05, 3.63) is 47.0 Å². The highest BCUT2D eigenvalue weighted by Gasteiger charge is 2.35. The Hall–Kier alpha value is -2.68. The van der Waals surface area contributed by atoms with Gasteiger partial charge in [-0.2, -0.15) is 13.2 Å². The summed E-state index contributed by atoms with van der Waals surface area (Å²) in [6.07, 6.45) is -4.07. The summed E-state index contributed by atoms with van der Waals surface area (Å²) < 4.78 is 43.8. The molecule has 6 nitrogen and oxygen atoms in total. The molecule has 3 N–H and O–H groups in total. The molecule has 25 heavy (non-hydrogen) atoms. The number of fused-ring (bicyclic) bond motifs is 1. The zero-order valence-corrected chi connectivity index (χ0v) is 13.2. The summed E-state index contributed by atoms with van der Waals surface area (Å²) in [5.74, 6) is -1.52. The molecular weight excluding hydrogens is 337 g/mol. The molecule has 1 aliphatic rings. The van der Waals surface area contributed by atoms with E-state index in [1.807, 2.05) is 0 Å². The molecule has 2 heterocycles. The number of hydrogen-bond donors (Lipinski definition) is 2. The Morgan fingerprint density at radius 1 is 1.32 bits per heavy atom. The number of carbonyl (C=O) groups is 1. The lowest BCUT2D eigenvalue weighted by Gasteiger charge is -2.22. The van der Waals surface area contributed by atoms with Crippen molar-refractivity contribution in [1.29, 1.82) is 0 Å². The molecule has 3 rings (SSSR count). The van der Waals surface area contributed by atoms with Crippen LogP contribution in [-0.4, -0.2) is 28.5 Å². The number of aryl methyl sites for hydroxylation is 1. The second-order valence-electron chi connectivity index (χ2n) is 5.77. The van der Waals surface area contributed by atoms with Crippen LogP contribution >= 0.6 is 0 Å². The lowest BCUT2D eigenvalue weighted by molar-refractivity contribution is -0.145. The number of benzene rings is 1. The van der Waals surface area contributed by atoms with Crippen LogP contribution in [0.5, 0.6) is 5.75 Å². The van der Waals surface area contributed by atoms with Gasteiger partial charge in [0, 0.05) is 23.5 Å². The fourth-order valence-electron chi connectivity index (χ4n) is 2.48. The standard InChI is InChI=1S/C16H15F3N4O2/c1-8-4-12(23-15(21-8)16(17,18)19)14(24)22-11-3-2-9-5-10(20)7-25-13(9)6-11/h2-4,6,10H,5,7,20H2,1H3,(H,22,24)/t10-/m0/s1. The van der Waals surface area contributed by atoms with E-state index in [2.05, 4.69) is 15.3 Å². The van der Waals surface area contributed by atoms with Gasteiger partial charge in [0.1, 0.15) is 18.1 Å². The summed E-state index contributed by atoms with van der Waals surface area (Å²) in [7, 11) is 0. The monoisotopic (exact) mass is 352 g/mol. The first kappa shape index (κ1) is 17.2. The molecule has 0 unspecified atom stereocenters. The molecule has 1 atom stereocenters. The molecular formula is C16H15F3N4O2. The summed E-state index contributed by atoms with van der Waals surface area (Å²) >= 11 is 0. The van der Waals surface area contributed by atoms with Crippen molar-refractivity contribution in [3.8, 4) is 5.75 Å². The summed E-state index contributed by atoms with van der Waals surface area (Å²) in [5, 5.41) is 2.52. The van der Waals surface area contributed by atoms with Crippen molar-refractivity contribution in [2.45, 2.75) is 25.6 Å². The first-order chi connectivity index (χ1) is 11.7. The fourth-order valence-corrected chi connectivity index (χ4v) is 2.48. The maximum absolute atomic E-state index is 12.8. The quantitative estimate of drug-likeness (QED) is 0.866. The van der Waals surface area contributed by atoms with Gasteiger partial charge in [0.25, 0.3) is 5.91 Å². The molecule has 1 aromatic heterocycles. The van der Waals surface area contributed by atoms with Crippen molar-refractivity contribution in [2.24, 2.45) is 5.73 Å². The summed E-state index contributed by atoms with van der Waals surface area (Å²) in [6, 6.07) is 6.11. The van der Waals surface area contributed by atoms with Crippen LogP contribution in [0.3, 0.4) is 0 Å². The predicted octanol–water partition coefficient (Wildman–Crippen LogP) is 2.32. The molecule has 132 valence electrons. The van der Waals surface area contributed by atoms with Crippen LogP contribution in [0, 0.1) is 6.92 Å². The zero-order valence-electron chi connectivity index (χ0n) is 13.2. The van der Waals surface area contributed by atoms with Gasteiger partial charge in [-0.05, 0) is 31.0 Å². The Kier molecular flexibility index (Phi) is 4.34. The number of hydrogen-bond acceptors (Lipinski definition) is 5. The summed E-state index contributed by atoms with van der Waals surface area (Å²) in [4.78, 5) is 18.8. The Bertz CT molecular complexity index is 824. The first-order valence-electron chi connectivity index (χ1n) is 7.48.